The van der Waals surface area contributed by atoms with Crippen LogP contribution in [0.15, 0.2) is 96.3 Å². The lowest BCUT2D eigenvalue weighted by Gasteiger charge is -2.33. The average Bonchev–Trinajstić information content (AvgIpc) is 3.45. The molecule has 4 rings (SSSR count). The zero-order valence-corrected chi connectivity index (χ0v) is 21.0. The highest BCUT2D eigenvalue weighted by molar-refractivity contribution is 6.41. The summed E-state index contributed by atoms with van der Waals surface area (Å²) in [4.78, 5) is 2.14. The monoisotopic (exact) mass is 487 g/mol. The van der Waals surface area contributed by atoms with Crippen LogP contribution in [-0.4, -0.2) is 35.9 Å². The molecule has 0 saturated carbocycles. The highest BCUT2D eigenvalue weighted by Crippen LogP contribution is 2.40. The number of hydrogen-bond acceptors (Lipinski definition) is 3. The standard InChI is InChI=1S/C29H32BF2N3O/c1-22-20-29(2,34(3)28(22)25(16-18-33)26-13-9-19-35(26)30(31)32)17-15-24-12-7-8-14-27(24)36-21-23-10-5-4-6-11-23/h4-15,17,19-20H,16,18,21,33H2,1-3H3/b17-15+,28-25-. The Morgan fingerprint density at radius 2 is 1.78 bits per heavy atom. The molecule has 1 aliphatic heterocycles. The van der Waals surface area contributed by atoms with Gasteiger partial charge in [0, 0.05) is 24.0 Å². The molecule has 186 valence electrons. The zero-order valence-electron chi connectivity index (χ0n) is 21.0. The predicted octanol–water partition coefficient (Wildman–Crippen LogP) is 6.26. The SMILES string of the molecule is CC1=CC(C)(/C=C/c2ccccc2OCc2ccccc2)N(C)/C1=C(/CCN)c1cccn1B(F)F. The van der Waals surface area contributed by atoms with Gasteiger partial charge in [-0.2, -0.15) is 0 Å². The summed E-state index contributed by atoms with van der Waals surface area (Å²) in [5, 5.41) is 0. The quantitative estimate of drug-likeness (QED) is 0.362. The van der Waals surface area contributed by atoms with Gasteiger partial charge in [-0.25, -0.2) is 0 Å². The zero-order chi connectivity index (χ0) is 25.7. The van der Waals surface area contributed by atoms with E-state index >= 15 is 0 Å². The number of nitrogens with zero attached hydrogens (tertiary/aromatic N) is 2. The van der Waals surface area contributed by atoms with Crippen LogP contribution < -0.4 is 10.5 Å². The molecule has 2 heterocycles. The molecule has 0 radical (unpaired) electrons. The molecule has 3 aromatic rings. The molecule has 2 N–H and O–H groups in total. The predicted molar refractivity (Wildman–Crippen MR) is 145 cm³/mol. The van der Waals surface area contributed by atoms with Crippen LogP contribution in [0.1, 0.15) is 37.1 Å². The molecule has 36 heavy (non-hydrogen) atoms. The minimum absolute atomic E-state index is 0.368. The number of nitrogens with two attached hydrogens (primary N) is 1. The molecule has 0 spiro atoms. The van der Waals surface area contributed by atoms with E-state index in [2.05, 4.69) is 30.1 Å². The van der Waals surface area contributed by atoms with E-state index in [1.807, 2.05) is 68.6 Å². The number of hydrogen-bond donors (Lipinski definition) is 1. The summed E-state index contributed by atoms with van der Waals surface area (Å²) in [5.41, 5.74) is 10.8. The topological polar surface area (TPSA) is 43.4 Å². The number of ether oxygens (including phenoxy) is 1. The van der Waals surface area contributed by atoms with Gasteiger partial charge >= 0.3 is 7.40 Å². The molecule has 4 nitrogen and oxygen atoms in total. The molecular weight excluding hydrogens is 455 g/mol. The third kappa shape index (κ3) is 5.31. The average molecular weight is 487 g/mol. The number of rotatable bonds is 9. The second-order valence-electron chi connectivity index (χ2n) is 9.20. The van der Waals surface area contributed by atoms with Crippen LogP contribution in [0.4, 0.5) is 8.63 Å². The first-order chi connectivity index (χ1) is 17.3. The van der Waals surface area contributed by atoms with E-state index in [0.29, 0.717) is 25.3 Å². The van der Waals surface area contributed by atoms with Crippen LogP contribution in [0.5, 0.6) is 5.75 Å². The molecule has 0 amide bonds. The third-order valence-electron chi connectivity index (χ3n) is 6.68. The second-order valence-corrected chi connectivity index (χ2v) is 9.20. The van der Waals surface area contributed by atoms with Crippen molar-refractivity contribution in [3.8, 4) is 5.75 Å². The van der Waals surface area contributed by atoms with Gasteiger partial charge in [-0.15, -0.1) is 0 Å². The van der Waals surface area contributed by atoms with Crippen molar-refractivity contribution in [2.45, 2.75) is 32.4 Å². The summed E-state index contributed by atoms with van der Waals surface area (Å²) in [7, 11) is -0.616. The van der Waals surface area contributed by atoms with Crippen molar-refractivity contribution in [3.63, 3.8) is 0 Å². The molecule has 0 bridgehead atoms. The van der Waals surface area contributed by atoms with Gasteiger partial charge in [-0.05, 0) is 67.9 Å². The number of allylic oxidation sites excluding steroid dienone is 1. The number of para-hydroxylation sites is 1. The van der Waals surface area contributed by atoms with Crippen LogP contribution in [0.2, 0.25) is 0 Å². The minimum Gasteiger partial charge on any atom is -0.488 e. The first-order valence-corrected chi connectivity index (χ1v) is 12.1. The van der Waals surface area contributed by atoms with Gasteiger partial charge in [0.15, 0.2) is 0 Å². The van der Waals surface area contributed by atoms with Crippen LogP contribution in [0, 0.1) is 0 Å². The van der Waals surface area contributed by atoms with E-state index in [-0.39, 0.29) is 0 Å². The summed E-state index contributed by atoms with van der Waals surface area (Å²) < 4.78 is 34.5. The van der Waals surface area contributed by atoms with Gasteiger partial charge in [0.25, 0.3) is 0 Å². The van der Waals surface area contributed by atoms with Crippen LogP contribution in [0.3, 0.4) is 0 Å². The summed E-state index contributed by atoms with van der Waals surface area (Å²) in [6, 6.07) is 21.4. The fraction of sp³-hybridized carbons (Fsp3) is 0.241. The molecule has 1 aromatic heterocycles. The van der Waals surface area contributed by atoms with Gasteiger partial charge in [0.1, 0.15) is 12.4 Å². The van der Waals surface area contributed by atoms with Crippen molar-refractivity contribution in [2.24, 2.45) is 5.73 Å². The lowest BCUT2D eigenvalue weighted by atomic mass is 10.00. The number of likely N-dealkylation sites (N-methyl/N-ethyl adjacent to an activating group) is 1. The Bertz CT molecular complexity index is 1280. The Balaban J connectivity index is 1.63. The number of halogens is 2. The van der Waals surface area contributed by atoms with Gasteiger partial charge in [0.2, 0.25) is 0 Å². The Kier molecular flexibility index (Phi) is 7.80. The van der Waals surface area contributed by atoms with Crippen molar-refractivity contribution in [1.29, 1.82) is 0 Å². The van der Waals surface area contributed by atoms with E-state index in [1.54, 1.807) is 12.1 Å². The van der Waals surface area contributed by atoms with Crippen molar-refractivity contribution in [1.82, 2.24) is 9.38 Å². The summed E-state index contributed by atoms with van der Waals surface area (Å²) in [6.07, 6.45) is 8.26. The van der Waals surface area contributed by atoms with E-state index < -0.39 is 12.9 Å². The normalized spacial score (nSPS) is 19.1. The molecule has 1 aliphatic rings. The lowest BCUT2D eigenvalue weighted by Crippen LogP contribution is -2.36. The fourth-order valence-electron chi connectivity index (χ4n) is 4.78. The third-order valence-corrected chi connectivity index (χ3v) is 6.68. The smallest absolute Gasteiger partial charge is 0.488 e. The van der Waals surface area contributed by atoms with E-state index in [1.165, 1.54) is 6.20 Å². The van der Waals surface area contributed by atoms with Gasteiger partial charge in [-0.3, -0.25) is 8.63 Å². The number of benzene rings is 2. The maximum atomic E-state index is 13.7. The minimum atomic E-state index is -2.61. The van der Waals surface area contributed by atoms with Crippen LogP contribution >= 0.6 is 0 Å². The maximum Gasteiger partial charge on any atom is 0.677 e. The van der Waals surface area contributed by atoms with E-state index in [9.17, 15) is 8.63 Å². The van der Waals surface area contributed by atoms with E-state index in [4.69, 9.17) is 10.5 Å². The van der Waals surface area contributed by atoms with Crippen LogP contribution in [-0.2, 0) is 6.61 Å². The van der Waals surface area contributed by atoms with Gasteiger partial charge in [0.05, 0.1) is 5.54 Å². The molecular formula is C29H32BF2N3O. The van der Waals surface area contributed by atoms with Crippen LogP contribution in [0.25, 0.3) is 11.6 Å². The first kappa shape index (κ1) is 25.5. The Morgan fingerprint density at radius 1 is 1.06 bits per heavy atom. The summed E-state index contributed by atoms with van der Waals surface area (Å²) in [5.74, 6) is 0.803. The molecule has 7 heteroatoms. The fourth-order valence-corrected chi connectivity index (χ4v) is 4.78. The van der Waals surface area contributed by atoms with Gasteiger partial charge in [-0.1, -0.05) is 66.8 Å². The molecule has 0 fully saturated rings. The highest BCUT2D eigenvalue weighted by atomic mass is 19.2. The summed E-state index contributed by atoms with van der Waals surface area (Å²) in [6.45, 7) is 4.99. The molecule has 1 unspecified atom stereocenters. The molecule has 2 aromatic carbocycles. The van der Waals surface area contributed by atoms with Crippen molar-refractivity contribution < 1.29 is 13.4 Å². The van der Waals surface area contributed by atoms with E-state index in [0.717, 1.165) is 38.2 Å². The first-order valence-electron chi connectivity index (χ1n) is 12.1. The largest absolute Gasteiger partial charge is 0.677 e. The maximum absolute atomic E-state index is 13.7. The van der Waals surface area contributed by atoms with Crippen molar-refractivity contribution >= 4 is 19.1 Å². The molecule has 0 saturated heterocycles. The Hall–Kier alpha value is -3.58. The van der Waals surface area contributed by atoms with Crippen molar-refractivity contribution in [2.75, 3.05) is 13.6 Å². The highest BCUT2D eigenvalue weighted by Gasteiger charge is 2.35. The van der Waals surface area contributed by atoms with Gasteiger partial charge < -0.3 is 19.8 Å². The summed E-state index contributed by atoms with van der Waals surface area (Å²) >= 11 is 0. The Labute approximate surface area is 212 Å². The number of aromatic nitrogens is 1. The Morgan fingerprint density at radius 3 is 2.50 bits per heavy atom. The second kappa shape index (κ2) is 11.0. The molecule has 1 atom stereocenters. The molecule has 0 aliphatic carbocycles. The lowest BCUT2D eigenvalue weighted by molar-refractivity contribution is 0.305. The van der Waals surface area contributed by atoms with Crippen molar-refractivity contribution in [3.05, 3.63) is 113 Å².